The molecule has 1 rings (SSSR count). The normalized spacial score (nSPS) is 31.7. The summed E-state index contributed by atoms with van der Waals surface area (Å²) in [7, 11) is 0. The van der Waals surface area contributed by atoms with Gasteiger partial charge in [0.2, 0.25) is 0 Å². The molecule has 64 valence electrons. The van der Waals surface area contributed by atoms with Crippen LogP contribution < -0.4 is 5.32 Å². The maximum Gasteiger partial charge on any atom is 0.326 e. The van der Waals surface area contributed by atoms with Crippen LogP contribution in [0.25, 0.3) is 0 Å². The van der Waals surface area contributed by atoms with Crippen molar-refractivity contribution in [3.8, 4) is 0 Å². The molecule has 0 aliphatic carbocycles. The molecule has 0 radical (unpaired) electrons. The highest BCUT2D eigenvalue weighted by atomic mass is 16.5. The van der Waals surface area contributed by atoms with E-state index < -0.39 is 11.5 Å². The predicted molar refractivity (Wildman–Crippen MR) is 39.5 cm³/mol. The van der Waals surface area contributed by atoms with Gasteiger partial charge in [0.1, 0.15) is 5.54 Å². The third-order valence-corrected chi connectivity index (χ3v) is 2.07. The molecule has 1 aliphatic rings. The zero-order chi connectivity index (χ0) is 8.32. The van der Waals surface area contributed by atoms with Crippen molar-refractivity contribution in [2.24, 2.45) is 0 Å². The van der Waals surface area contributed by atoms with Crippen LogP contribution in [0, 0.1) is 0 Å². The third-order valence-electron chi connectivity index (χ3n) is 2.07. The fraction of sp³-hybridized carbons (Fsp3) is 0.857. The summed E-state index contributed by atoms with van der Waals surface area (Å²) in [6.45, 7) is 3.35. The third kappa shape index (κ3) is 1.52. The summed E-state index contributed by atoms with van der Waals surface area (Å²) < 4.78 is 5.09. The Labute approximate surface area is 65.5 Å². The van der Waals surface area contributed by atoms with Crippen molar-refractivity contribution in [1.29, 1.82) is 0 Å². The van der Waals surface area contributed by atoms with Gasteiger partial charge in [0, 0.05) is 6.54 Å². The van der Waals surface area contributed by atoms with Gasteiger partial charge in [-0.15, -0.1) is 0 Å². The molecule has 2 N–H and O–H groups in total. The van der Waals surface area contributed by atoms with E-state index in [1.54, 1.807) is 0 Å². The molecule has 1 saturated heterocycles. The number of hydrogen-bond donors (Lipinski definition) is 2. The topological polar surface area (TPSA) is 58.6 Å². The van der Waals surface area contributed by atoms with Crippen molar-refractivity contribution in [2.45, 2.75) is 18.9 Å². The first-order valence-electron chi connectivity index (χ1n) is 3.77. The van der Waals surface area contributed by atoms with Gasteiger partial charge in [-0.3, -0.25) is 10.1 Å². The Hall–Kier alpha value is -0.610. The fourth-order valence-corrected chi connectivity index (χ4v) is 1.18. The lowest BCUT2D eigenvalue weighted by molar-refractivity contribution is -0.150. The molecule has 1 atom stereocenters. The monoisotopic (exact) mass is 159 g/mol. The number of hydrogen-bond acceptors (Lipinski definition) is 3. The Balaban J connectivity index is 2.64. The molecule has 0 unspecified atom stereocenters. The molecule has 0 aromatic heterocycles. The van der Waals surface area contributed by atoms with E-state index >= 15 is 0 Å². The van der Waals surface area contributed by atoms with Gasteiger partial charge < -0.3 is 9.84 Å². The van der Waals surface area contributed by atoms with Crippen LogP contribution in [0.4, 0.5) is 0 Å². The van der Waals surface area contributed by atoms with Gasteiger partial charge in [-0.1, -0.05) is 6.92 Å². The molecular weight excluding hydrogens is 146 g/mol. The minimum absolute atomic E-state index is 0.277. The first-order chi connectivity index (χ1) is 5.21. The van der Waals surface area contributed by atoms with Crippen LogP contribution in [0.5, 0.6) is 0 Å². The van der Waals surface area contributed by atoms with Gasteiger partial charge in [0.25, 0.3) is 0 Å². The minimum Gasteiger partial charge on any atom is -0.480 e. The zero-order valence-electron chi connectivity index (χ0n) is 6.59. The summed E-state index contributed by atoms with van der Waals surface area (Å²) in [6.07, 6.45) is 0.558. The largest absolute Gasteiger partial charge is 0.480 e. The van der Waals surface area contributed by atoms with Crippen LogP contribution in [0.1, 0.15) is 13.3 Å². The maximum atomic E-state index is 10.8. The lowest BCUT2D eigenvalue weighted by atomic mass is 9.96. The van der Waals surface area contributed by atoms with Crippen molar-refractivity contribution in [2.75, 3.05) is 19.8 Å². The number of carboxylic acids is 1. The highest BCUT2D eigenvalue weighted by Gasteiger charge is 2.38. The second-order valence-electron chi connectivity index (χ2n) is 2.72. The van der Waals surface area contributed by atoms with Crippen molar-refractivity contribution >= 4 is 5.97 Å². The SMILES string of the molecule is CC[C@]1(C(=O)O)COCCN1. The van der Waals surface area contributed by atoms with Crippen LogP contribution in [-0.2, 0) is 9.53 Å². The van der Waals surface area contributed by atoms with Crippen LogP contribution in [0.3, 0.4) is 0 Å². The van der Waals surface area contributed by atoms with Gasteiger partial charge in [-0.25, -0.2) is 0 Å². The van der Waals surface area contributed by atoms with Crippen LogP contribution in [0.15, 0.2) is 0 Å². The molecule has 4 nitrogen and oxygen atoms in total. The van der Waals surface area contributed by atoms with Crippen molar-refractivity contribution in [1.82, 2.24) is 5.32 Å². The summed E-state index contributed by atoms with van der Waals surface area (Å²) in [6, 6.07) is 0. The van der Waals surface area contributed by atoms with Crippen molar-refractivity contribution in [3.63, 3.8) is 0 Å². The summed E-state index contributed by atoms with van der Waals surface area (Å²) in [5.41, 5.74) is -0.835. The number of nitrogens with one attached hydrogen (secondary N) is 1. The summed E-state index contributed by atoms with van der Waals surface area (Å²) in [5.74, 6) is -0.820. The average molecular weight is 159 g/mol. The first-order valence-corrected chi connectivity index (χ1v) is 3.77. The van der Waals surface area contributed by atoms with Crippen molar-refractivity contribution in [3.05, 3.63) is 0 Å². The number of aliphatic carboxylic acids is 1. The second kappa shape index (κ2) is 3.19. The highest BCUT2D eigenvalue weighted by Crippen LogP contribution is 2.13. The van der Waals surface area contributed by atoms with E-state index in [4.69, 9.17) is 9.84 Å². The molecule has 1 heterocycles. The van der Waals surface area contributed by atoms with E-state index in [0.717, 1.165) is 0 Å². The van der Waals surface area contributed by atoms with E-state index in [0.29, 0.717) is 19.6 Å². The minimum atomic E-state index is -0.835. The van der Waals surface area contributed by atoms with Gasteiger partial charge in [0.15, 0.2) is 0 Å². The van der Waals surface area contributed by atoms with E-state index in [2.05, 4.69) is 5.32 Å². The van der Waals surface area contributed by atoms with Gasteiger partial charge in [-0.05, 0) is 6.42 Å². The summed E-state index contributed by atoms with van der Waals surface area (Å²) >= 11 is 0. The molecule has 0 aromatic rings. The first kappa shape index (κ1) is 8.49. The van der Waals surface area contributed by atoms with Crippen LogP contribution in [0.2, 0.25) is 0 Å². The zero-order valence-corrected chi connectivity index (χ0v) is 6.59. The smallest absolute Gasteiger partial charge is 0.326 e. The highest BCUT2D eigenvalue weighted by molar-refractivity contribution is 5.79. The fourth-order valence-electron chi connectivity index (χ4n) is 1.18. The molecule has 0 aromatic carbocycles. The number of carbonyl (C=O) groups is 1. The van der Waals surface area contributed by atoms with Gasteiger partial charge in [-0.2, -0.15) is 0 Å². The number of carboxylic acid groups (broad SMARTS) is 1. The van der Waals surface area contributed by atoms with Gasteiger partial charge >= 0.3 is 5.97 Å². The molecule has 0 amide bonds. The predicted octanol–water partition coefficient (Wildman–Crippen LogP) is -0.160. The lowest BCUT2D eigenvalue weighted by Crippen LogP contribution is -2.59. The Bertz CT molecular complexity index is 152. The Morgan fingerprint density at radius 2 is 2.55 bits per heavy atom. The van der Waals surface area contributed by atoms with E-state index in [-0.39, 0.29) is 6.61 Å². The Morgan fingerprint density at radius 1 is 1.82 bits per heavy atom. The molecular formula is C7H13NO3. The van der Waals surface area contributed by atoms with E-state index in [9.17, 15) is 4.79 Å². The molecule has 0 spiro atoms. The maximum absolute atomic E-state index is 10.8. The molecule has 0 saturated carbocycles. The molecule has 4 heteroatoms. The number of rotatable bonds is 2. The van der Waals surface area contributed by atoms with E-state index in [1.165, 1.54) is 0 Å². The Morgan fingerprint density at radius 3 is 2.82 bits per heavy atom. The molecule has 1 aliphatic heterocycles. The Kier molecular flexibility index (Phi) is 2.46. The molecule has 11 heavy (non-hydrogen) atoms. The molecule has 1 fully saturated rings. The average Bonchev–Trinajstić information content (AvgIpc) is 2.05. The van der Waals surface area contributed by atoms with Crippen LogP contribution in [-0.4, -0.2) is 36.4 Å². The number of morpholine rings is 1. The van der Waals surface area contributed by atoms with E-state index in [1.807, 2.05) is 6.92 Å². The lowest BCUT2D eigenvalue weighted by Gasteiger charge is -2.33. The molecule has 0 bridgehead atoms. The standard InChI is InChI=1S/C7H13NO3/c1-2-7(6(9)10)5-11-4-3-8-7/h8H,2-5H2,1H3,(H,9,10)/t7-/m1/s1. The quantitative estimate of drug-likeness (QED) is 0.587. The number of ether oxygens (including phenoxy) is 1. The van der Waals surface area contributed by atoms with Gasteiger partial charge in [0.05, 0.1) is 13.2 Å². The summed E-state index contributed by atoms with van der Waals surface area (Å²) in [5, 5.41) is 11.8. The summed E-state index contributed by atoms with van der Waals surface area (Å²) in [4.78, 5) is 10.8. The van der Waals surface area contributed by atoms with Crippen LogP contribution >= 0.6 is 0 Å². The second-order valence-corrected chi connectivity index (χ2v) is 2.72. The van der Waals surface area contributed by atoms with Crippen molar-refractivity contribution < 1.29 is 14.6 Å².